The number of nitrogens with one attached hydrogen (secondary N) is 1. The number of likely N-dealkylation sites (tertiary alicyclic amines) is 1. The molecule has 0 aromatic heterocycles. The van der Waals surface area contributed by atoms with Crippen LogP contribution >= 0.6 is 0 Å². The Labute approximate surface area is 133 Å². The van der Waals surface area contributed by atoms with Crippen molar-refractivity contribution >= 4 is 17.8 Å². The molecule has 0 spiro atoms. The van der Waals surface area contributed by atoms with Crippen LogP contribution in [0, 0.1) is 11.7 Å². The number of hydrogen-bond acceptors (Lipinski definition) is 3. The van der Waals surface area contributed by atoms with Gasteiger partial charge in [-0.1, -0.05) is 12.1 Å². The summed E-state index contributed by atoms with van der Waals surface area (Å²) in [7, 11) is 0. The number of aliphatic carboxylic acids is 1. The fourth-order valence-corrected chi connectivity index (χ4v) is 2.59. The second kappa shape index (κ2) is 7.71. The molecule has 1 unspecified atom stereocenters. The zero-order chi connectivity index (χ0) is 16.8. The van der Waals surface area contributed by atoms with Gasteiger partial charge in [0.05, 0.1) is 18.9 Å². The number of carbonyl (C=O) groups excluding carboxylic acids is 2. The van der Waals surface area contributed by atoms with Crippen LogP contribution in [0.4, 0.5) is 4.39 Å². The highest BCUT2D eigenvalue weighted by Crippen LogP contribution is 2.16. The molecule has 1 atom stereocenters. The molecule has 0 bridgehead atoms. The number of amides is 2. The van der Waals surface area contributed by atoms with E-state index >= 15 is 0 Å². The third-order valence-corrected chi connectivity index (χ3v) is 3.81. The van der Waals surface area contributed by atoms with Crippen molar-refractivity contribution in [2.45, 2.75) is 19.3 Å². The van der Waals surface area contributed by atoms with Crippen LogP contribution in [0.25, 0.3) is 0 Å². The van der Waals surface area contributed by atoms with E-state index in [4.69, 9.17) is 5.11 Å². The lowest BCUT2D eigenvalue weighted by atomic mass is 9.98. The lowest BCUT2D eigenvalue weighted by Crippen LogP contribution is -2.46. The average Bonchev–Trinajstić information content (AvgIpc) is 2.52. The zero-order valence-electron chi connectivity index (χ0n) is 12.6. The molecule has 0 radical (unpaired) electrons. The number of carboxylic acids is 1. The molecule has 1 heterocycles. The predicted molar refractivity (Wildman–Crippen MR) is 80.1 cm³/mol. The van der Waals surface area contributed by atoms with Crippen molar-refractivity contribution in [1.82, 2.24) is 10.2 Å². The van der Waals surface area contributed by atoms with Crippen molar-refractivity contribution in [2.75, 3.05) is 19.6 Å². The van der Waals surface area contributed by atoms with Crippen molar-refractivity contribution in [3.05, 3.63) is 35.6 Å². The summed E-state index contributed by atoms with van der Waals surface area (Å²) >= 11 is 0. The van der Waals surface area contributed by atoms with Crippen LogP contribution in [-0.4, -0.2) is 47.4 Å². The Balaban J connectivity index is 1.79. The van der Waals surface area contributed by atoms with E-state index in [2.05, 4.69) is 5.32 Å². The van der Waals surface area contributed by atoms with E-state index < -0.39 is 17.7 Å². The molecule has 2 rings (SSSR count). The minimum Gasteiger partial charge on any atom is -0.481 e. The van der Waals surface area contributed by atoms with E-state index in [9.17, 15) is 18.8 Å². The first-order valence-electron chi connectivity index (χ1n) is 7.47. The fraction of sp³-hybridized carbons (Fsp3) is 0.438. The molecule has 1 aromatic rings. The van der Waals surface area contributed by atoms with Gasteiger partial charge in [-0.3, -0.25) is 14.4 Å². The van der Waals surface area contributed by atoms with Gasteiger partial charge < -0.3 is 15.3 Å². The number of rotatable bonds is 5. The van der Waals surface area contributed by atoms with E-state index in [0.29, 0.717) is 24.9 Å². The van der Waals surface area contributed by atoms with Gasteiger partial charge in [0, 0.05) is 13.1 Å². The maximum absolute atomic E-state index is 13.0. The van der Waals surface area contributed by atoms with Gasteiger partial charge in [0.2, 0.25) is 11.8 Å². The van der Waals surface area contributed by atoms with E-state index in [1.54, 1.807) is 6.07 Å². The van der Waals surface area contributed by atoms with Gasteiger partial charge in [0.15, 0.2) is 0 Å². The molecule has 7 heteroatoms. The lowest BCUT2D eigenvalue weighted by molar-refractivity contribution is -0.145. The van der Waals surface area contributed by atoms with Crippen LogP contribution in [0.2, 0.25) is 0 Å². The van der Waals surface area contributed by atoms with Crippen LogP contribution in [0.15, 0.2) is 24.3 Å². The molecular formula is C16H19FN2O4. The highest BCUT2D eigenvalue weighted by molar-refractivity contribution is 5.86. The van der Waals surface area contributed by atoms with Crippen molar-refractivity contribution in [3.63, 3.8) is 0 Å². The van der Waals surface area contributed by atoms with Gasteiger partial charge in [-0.2, -0.15) is 0 Å². The Hall–Kier alpha value is -2.44. The molecular weight excluding hydrogens is 303 g/mol. The van der Waals surface area contributed by atoms with Crippen LogP contribution < -0.4 is 5.32 Å². The molecule has 1 aliphatic heterocycles. The first kappa shape index (κ1) is 16.9. The molecule has 0 aliphatic carbocycles. The third kappa shape index (κ3) is 5.05. The topological polar surface area (TPSA) is 86.7 Å². The first-order valence-corrected chi connectivity index (χ1v) is 7.47. The van der Waals surface area contributed by atoms with Gasteiger partial charge in [-0.15, -0.1) is 0 Å². The summed E-state index contributed by atoms with van der Waals surface area (Å²) in [5.41, 5.74) is 0.527. The van der Waals surface area contributed by atoms with Crippen LogP contribution in [0.3, 0.4) is 0 Å². The zero-order valence-corrected chi connectivity index (χ0v) is 12.6. The number of carboxylic acid groups (broad SMARTS) is 1. The fourth-order valence-electron chi connectivity index (χ4n) is 2.59. The minimum atomic E-state index is -0.905. The third-order valence-electron chi connectivity index (χ3n) is 3.81. The smallest absolute Gasteiger partial charge is 0.308 e. The van der Waals surface area contributed by atoms with Crippen molar-refractivity contribution in [1.29, 1.82) is 0 Å². The standard InChI is InChI=1S/C16H19FN2O4/c17-13-5-1-3-11(7-13)8-14(20)18-9-15(21)19-6-2-4-12(10-19)16(22)23/h1,3,5,7,12H,2,4,6,8-10H2,(H,18,20)(H,22,23). The molecule has 6 nitrogen and oxygen atoms in total. The summed E-state index contributed by atoms with van der Waals surface area (Å²) in [4.78, 5) is 36.3. The SMILES string of the molecule is O=C(Cc1cccc(F)c1)NCC(=O)N1CCCC(C(=O)O)C1. The summed E-state index contributed by atoms with van der Waals surface area (Å²) in [6.45, 7) is 0.497. The monoisotopic (exact) mass is 322 g/mol. The summed E-state index contributed by atoms with van der Waals surface area (Å²) in [5, 5.41) is 11.5. The lowest BCUT2D eigenvalue weighted by Gasteiger charge is -2.30. The van der Waals surface area contributed by atoms with Gasteiger partial charge in [-0.25, -0.2) is 4.39 Å². The molecule has 1 saturated heterocycles. The molecule has 1 aliphatic rings. The summed E-state index contributed by atoms with van der Waals surface area (Å²) in [6.07, 6.45) is 1.19. The summed E-state index contributed by atoms with van der Waals surface area (Å²) in [6, 6.07) is 5.71. The van der Waals surface area contributed by atoms with Gasteiger partial charge in [-0.05, 0) is 30.5 Å². The average molecular weight is 322 g/mol. The normalized spacial score (nSPS) is 17.6. The van der Waals surface area contributed by atoms with Crippen LogP contribution in [0.5, 0.6) is 0 Å². The van der Waals surface area contributed by atoms with Crippen LogP contribution in [-0.2, 0) is 20.8 Å². The summed E-state index contributed by atoms with van der Waals surface area (Å²) < 4.78 is 13.0. The number of nitrogens with zero attached hydrogens (tertiary/aromatic N) is 1. The molecule has 2 amide bonds. The highest BCUT2D eigenvalue weighted by atomic mass is 19.1. The highest BCUT2D eigenvalue weighted by Gasteiger charge is 2.27. The minimum absolute atomic E-state index is 0.0111. The molecule has 1 fully saturated rings. The van der Waals surface area contributed by atoms with Crippen molar-refractivity contribution < 1.29 is 23.9 Å². The van der Waals surface area contributed by atoms with E-state index in [-0.39, 0.29) is 31.3 Å². The molecule has 1 aromatic carbocycles. The van der Waals surface area contributed by atoms with E-state index in [1.807, 2.05) is 0 Å². The Kier molecular flexibility index (Phi) is 5.67. The Morgan fingerprint density at radius 1 is 1.35 bits per heavy atom. The number of piperidine rings is 1. The second-order valence-electron chi connectivity index (χ2n) is 5.60. The van der Waals surface area contributed by atoms with Crippen LogP contribution in [0.1, 0.15) is 18.4 Å². The maximum Gasteiger partial charge on any atom is 0.308 e. The number of benzene rings is 1. The van der Waals surface area contributed by atoms with Crippen molar-refractivity contribution in [3.8, 4) is 0 Å². The Morgan fingerprint density at radius 3 is 2.83 bits per heavy atom. The molecule has 23 heavy (non-hydrogen) atoms. The van der Waals surface area contributed by atoms with Crippen molar-refractivity contribution in [2.24, 2.45) is 5.92 Å². The number of hydrogen-bond donors (Lipinski definition) is 2. The quantitative estimate of drug-likeness (QED) is 0.840. The Bertz CT molecular complexity index is 605. The second-order valence-corrected chi connectivity index (χ2v) is 5.60. The first-order chi connectivity index (χ1) is 11.0. The van der Waals surface area contributed by atoms with Gasteiger partial charge in [0.1, 0.15) is 5.82 Å². The van der Waals surface area contributed by atoms with Gasteiger partial charge in [0.25, 0.3) is 0 Å². The maximum atomic E-state index is 13.0. The Morgan fingerprint density at radius 2 is 2.13 bits per heavy atom. The molecule has 0 saturated carbocycles. The largest absolute Gasteiger partial charge is 0.481 e. The summed E-state index contributed by atoms with van der Waals surface area (Å²) in [5.74, 6) is -2.55. The van der Waals surface area contributed by atoms with E-state index in [0.717, 1.165) is 0 Å². The predicted octanol–water partition coefficient (Wildman–Crippen LogP) is 0.808. The van der Waals surface area contributed by atoms with Gasteiger partial charge >= 0.3 is 5.97 Å². The number of carbonyl (C=O) groups is 3. The molecule has 2 N–H and O–H groups in total. The van der Waals surface area contributed by atoms with E-state index in [1.165, 1.54) is 23.1 Å². The number of halogens is 1. The molecule has 124 valence electrons.